The molecule has 0 saturated carbocycles. The first kappa shape index (κ1) is 15.6. The van der Waals surface area contributed by atoms with Gasteiger partial charge in [0.15, 0.2) is 0 Å². The summed E-state index contributed by atoms with van der Waals surface area (Å²) in [6.45, 7) is 7.78. The highest BCUT2D eigenvalue weighted by molar-refractivity contribution is 5.63. The van der Waals surface area contributed by atoms with Crippen LogP contribution in [-0.2, 0) is 6.18 Å². The first-order valence-electron chi connectivity index (χ1n) is 7.89. The highest BCUT2D eigenvalue weighted by atomic mass is 19.4. The number of benzene rings is 1. The average Bonchev–Trinajstić information content (AvgIpc) is 2.85. The van der Waals surface area contributed by atoms with E-state index in [2.05, 4.69) is 15.1 Å². The molecule has 3 nitrogen and oxygen atoms in total. The van der Waals surface area contributed by atoms with Gasteiger partial charge in [-0.2, -0.15) is 13.2 Å². The van der Waals surface area contributed by atoms with Crippen molar-refractivity contribution >= 4 is 5.69 Å². The molecular weight excluding hydrogens is 291 g/mol. The van der Waals surface area contributed by atoms with Crippen LogP contribution in [0.2, 0.25) is 0 Å². The van der Waals surface area contributed by atoms with Crippen molar-refractivity contribution in [2.75, 3.05) is 50.7 Å². The van der Waals surface area contributed by atoms with Gasteiger partial charge in [-0.25, -0.2) is 0 Å². The number of hydrogen-bond donors (Lipinski definition) is 1. The molecule has 0 aliphatic carbocycles. The minimum Gasteiger partial charge on any atom is -0.371 e. The van der Waals surface area contributed by atoms with Gasteiger partial charge >= 0.3 is 6.18 Å². The second-order valence-electron chi connectivity index (χ2n) is 6.02. The number of piperazine rings is 1. The van der Waals surface area contributed by atoms with E-state index in [1.54, 1.807) is 0 Å². The number of fused-ring (bicyclic) bond motifs is 1. The molecule has 1 saturated heterocycles. The van der Waals surface area contributed by atoms with E-state index in [0.717, 1.165) is 38.4 Å². The molecule has 0 radical (unpaired) electrons. The predicted octanol–water partition coefficient (Wildman–Crippen LogP) is 2.53. The molecule has 122 valence electrons. The first-order chi connectivity index (χ1) is 10.5. The van der Waals surface area contributed by atoms with Crippen molar-refractivity contribution in [1.29, 1.82) is 0 Å². The number of anilines is 1. The van der Waals surface area contributed by atoms with Crippen LogP contribution < -0.4 is 10.2 Å². The van der Waals surface area contributed by atoms with E-state index < -0.39 is 11.7 Å². The molecule has 0 amide bonds. The van der Waals surface area contributed by atoms with Crippen LogP contribution in [0, 0.1) is 0 Å². The van der Waals surface area contributed by atoms with E-state index in [1.807, 2.05) is 13.0 Å². The first-order valence-corrected chi connectivity index (χ1v) is 7.89. The standard InChI is InChI=1S/C16H22F3N3/c1-2-22-11-12(10-21-8-6-20-7-9-21)15-13(16(17,18)19)4-3-5-14(15)22/h3-5,12,20H,2,6-11H2,1H3. The van der Waals surface area contributed by atoms with Gasteiger partial charge in [-0.3, -0.25) is 0 Å². The third-order valence-corrected chi connectivity index (χ3v) is 4.65. The van der Waals surface area contributed by atoms with E-state index in [1.165, 1.54) is 12.1 Å². The van der Waals surface area contributed by atoms with Crippen molar-refractivity contribution in [2.45, 2.75) is 19.0 Å². The summed E-state index contributed by atoms with van der Waals surface area (Å²) in [5.74, 6) is -0.0640. The molecule has 1 N–H and O–H groups in total. The zero-order chi connectivity index (χ0) is 15.7. The molecule has 1 unspecified atom stereocenters. The van der Waals surface area contributed by atoms with Crippen LogP contribution in [0.4, 0.5) is 18.9 Å². The number of likely N-dealkylation sites (N-methyl/N-ethyl adjacent to an activating group) is 1. The molecule has 0 aromatic heterocycles. The molecule has 0 spiro atoms. The smallest absolute Gasteiger partial charge is 0.371 e. The van der Waals surface area contributed by atoms with Crippen LogP contribution in [0.3, 0.4) is 0 Å². The van der Waals surface area contributed by atoms with Crippen molar-refractivity contribution in [1.82, 2.24) is 10.2 Å². The van der Waals surface area contributed by atoms with E-state index in [9.17, 15) is 13.2 Å². The summed E-state index contributed by atoms with van der Waals surface area (Å²) in [5.41, 5.74) is 0.800. The quantitative estimate of drug-likeness (QED) is 0.925. The molecule has 1 aromatic carbocycles. The number of rotatable bonds is 3. The SMILES string of the molecule is CCN1CC(CN2CCNCC2)c2c1cccc2C(F)(F)F. The summed E-state index contributed by atoms with van der Waals surface area (Å²) >= 11 is 0. The Bertz CT molecular complexity index is 524. The molecule has 2 aliphatic heterocycles. The maximum absolute atomic E-state index is 13.4. The van der Waals surface area contributed by atoms with Gasteiger partial charge in [0.25, 0.3) is 0 Å². The topological polar surface area (TPSA) is 18.5 Å². The predicted molar refractivity (Wildman–Crippen MR) is 81.4 cm³/mol. The van der Waals surface area contributed by atoms with Crippen LogP contribution in [0.25, 0.3) is 0 Å². The molecule has 0 bridgehead atoms. The van der Waals surface area contributed by atoms with Crippen LogP contribution >= 0.6 is 0 Å². The Morgan fingerprint density at radius 2 is 1.95 bits per heavy atom. The Morgan fingerprint density at radius 3 is 2.59 bits per heavy atom. The monoisotopic (exact) mass is 313 g/mol. The zero-order valence-corrected chi connectivity index (χ0v) is 12.8. The lowest BCUT2D eigenvalue weighted by molar-refractivity contribution is -0.138. The third-order valence-electron chi connectivity index (χ3n) is 4.65. The minimum absolute atomic E-state index is 0.0640. The highest BCUT2D eigenvalue weighted by Gasteiger charge is 2.40. The maximum atomic E-state index is 13.4. The lowest BCUT2D eigenvalue weighted by Crippen LogP contribution is -2.45. The Hall–Kier alpha value is -1.27. The van der Waals surface area contributed by atoms with Gasteiger partial charge in [0, 0.05) is 57.4 Å². The Kier molecular flexibility index (Phi) is 4.32. The number of halogens is 3. The summed E-state index contributed by atoms with van der Waals surface area (Å²) in [6, 6.07) is 4.58. The van der Waals surface area contributed by atoms with Gasteiger partial charge in [0.1, 0.15) is 0 Å². The molecule has 2 aliphatic rings. The normalized spacial score (nSPS) is 22.9. The van der Waals surface area contributed by atoms with Crippen molar-refractivity contribution in [3.05, 3.63) is 29.3 Å². The largest absolute Gasteiger partial charge is 0.416 e. The average molecular weight is 313 g/mol. The van der Waals surface area contributed by atoms with E-state index >= 15 is 0 Å². The maximum Gasteiger partial charge on any atom is 0.416 e. The summed E-state index contributed by atoms with van der Waals surface area (Å²) in [4.78, 5) is 4.34. The van der Waals surface area contributed by atoms with Gasteiger partial charge in [0.2, 0.25) is 0 Å². The Labute approximate surface area is 129 Å². The van der Waals surface area contributed by atoms with Crippen molar-refractivity contribution in [3.8, 4) is 0 Å². The van der Waals surface area contributed by atoms with Gasteiger partial charge in [-0.05, 0) is 24.6 Å². The summed E-state index contributed by atoms with van der Waals surface area (Å²) in [5, 5.41) is 3.28. The van der Waals surface area contributed by atoms with Crippen molar-refractivity contribution in [3.63, 3.8) is 0 Å². The fourth-order valence-corrected chi connectivity index (χ4v) is 3.61. The summed E-state index contributed by atoms with van der Waals surface area (Å²) in [6.07, 6.45) is -4.28. The van der Waals surface area contributed by atoms with Gasteiger partial charge in [0.05, 0.1) is 5.56 Å². The Balaban J connectivity index is 1.91. The molecule has 22 heavy (non-hydrogen) atoms. The van der Waals surface area contributed by atoms with Gasteiger partial charge in [-0.1, -0.05) is 6.07 Å². The third kappa shape index (κ3) is 2.94. The number of nitrogens with one attached hydrogen (secondary N) is 1. The number of hydrogen-bond acceptors (Lipinski definition) is 3. The summed E-state index contributed by atoms with van der Waals surface area (Å²) in [7, 11) is 0. The second kappa shape index (κ2) is 6.08. The molecule has 6 heteroatoms. The number of alkyl halides is 3. The van der Waals surface area contributed by atoms with Gasteiger partial charge < -0.3 is 15.1 Å². The van der Waals surface area contributed by atoms with Crippen molar-refractivity contribution in [2.24, 2.45) is 0 Å². The fourth-order valence-electron chi connectivity index (χ4n) is 3.61. The van der Waals surface area contributed by atoms with E-state index in [-0.39, 0.29) is 5.92 Å². The highest BCUT2D eigenvalue weighted by Crippen LogP contribution is 2.44. The minimum atomic E-state index is -4.28. The molecule has 1 fully saturated rings. The number of nitrogens with zero attached hydrogens (tertiary/aromatic N) is 2. The van der Waals surface area contributed by atoms with Crippen molar-refractivity contribution < 1.29 is 13.2 Å². The zero-order valence-electron chi connectivity index (χ0n) is 12.8. The van der Waals surface area contributed by atoms with Gasteiger partial charge in [-0.15, -0.1) is 0 Å². The second-order valence-corrected chi connectivity index (χ2v) is 6.02. The fraction of sp³-hybridized carbons (Fsp3) is 0.625. The lowest BCUT2D eigenvalue weighted by Gasteiger charge is -2.30. The Morgan fingerprint density at radius 1 is 1.23 bits per heavy atom. The molecule has 2 heterocycles. The van der Waals surface area contributed by atoms with E-state index in [4.69, 9.17) is 0 Å². The lowest BCUT2D eigenvalue weighted by atomic mass is 9.94. The van der Waals surface area contributed by atoms with E-state index in [0.29, 0.717) is 18.7 Å². The molecule has 1 atom stereocenters. The molecule has 1 aromatic rings. The summed E-state index contributed by atoms with van der Waals surface area (Å²) < 4.78 is 40.2. The molecule has 3 rings (SSSR count). The van der Waals surface area contributed by atoms with Crippen LogP contribution in [0.1, 0.15) is 24.0 Å². The van der Waals surface area contributed by atoms with Crippen LogP contribution in [-0.4, -0.2) is 50.7 Å². The van der Waals surface area contributed by atoms with Crippen LogP contribution in [0.5, 0.6) is 0 Å². The molecular formula is C16H22F3N3. The van der Waals surface area contributed by atoms with Crippen LogP contribution in [0.15, 0.2) is 18.2 Å².